The molecule has 8 nitrogen and oxygen atoms in total. The smallest absolute Gasteiger partial charge is 0.201 e. The number of rotatable bonds is 8. The molecule has 3 heterocycles. The SMILES string of the molecule is Cc1ccnc(S(=O)Nc2ccc(F)c(C(=O)c3c[nH]c4ncnc(NCC5CC5)c34)c2F)c1. The number of aromatic nitrogens is 4. The number of nitrogens with zero attached hydrogens (tertiary/aromatic N) is 3. The number of carbonyl (C=O) groups excluding carboxylic acids is 1. The lowest BCUT2D eigenvalue weighted by Gasteiger charge is -2.11. The Kier molecular flexibility index (Phi) is 5.78. The van der Waals surface area contributed by atoms with Gasteiger partial charge < -0.3 is 10.3 Å². The first kappa shape index (κ1) is 22.1. The summed E-state index contributed by atoms with van der Waals surface area (Å²) in [4.78, 5) is 28.5. The molecule has 0 spiro atoms. The maximum absolute atomic E-state index is 15.4. The topological polar surface area (TPSA) is 113 Å². The van der Waals surface area contributed by atoms with Crippen molar-refractivity contribution in [3.05, 3.63) is 71.3 Å². The summed E-state index contributed by atoms with van der Waals surface area (Å²) in [5, 5.41) is 3.74. The Morgan fingerprint density at radius 3 is 2.79 bits per heavy atom. The highest BCUT2D eigenvalue weighted by Crippen LogP contribution is 2.32. The van der Waals surface area contributed by atoms with Crippen LogP contribution in [0, 0.1) is 24.5 Å². The molecule has 0 radical (unpaired) electrons. The maximum Gasteiger partial charge on any atom is 0.201 e. The summed E-state index contributed by atoms with van der Waals surface area (Å²) in [7, 11) is -1.92. The number of hydrogen-bond donors (Lipinski definition) is 3. The van der Waals surface area contributed by atoms with Crippen LogP contribution in [0.5, 0.6) is 0 Å². The van der Waals surface area contributed by atoms with Crippen LogP contribution in [0.1, 0.15) is 34.3 Å². The van der Waals surface area contributed by atoms with Crippen molar-refractivity contribution in [1.82, 2.24) is 19.9 Å². The highest BCUT2D eigenvalue weighted by atomic mass is 32.2. The Hall–Kier alpha value is -3.73. The highest BCUT2D eigenvalue weighted by Gasteiger charge is 2.27. The molecule has 1 fully saturated rings. The largest absolute Gasteiger partial charge is 0.369 e. The fraction of sp³-hybridized carbons (Fsp3) is 0.217. The molecule has 1 saturated carbocycles. The molecule has 3 N–H and O–H groups in total. The number of benzene rings is 1. The van der Waals surface area contributed by atoms with Crippen LogP contribution in [0.2, 0.25) is 0 Å². The van der Waals surface area contributed by atoms with Crippen molar-refractivity contribution in [2.75, 3.05) is 16.6 Å². The number of pyridine rings is 1. The van der Waals surface area contributed by atoms with Crippen LogP contribution in [0.15, 0.2) is 48.0 Å². The van der Waals surface area contributed by atoms with Crippen LogP contribution in [0.3, 0.4) is 0 Å². The van der Waals surface area contributed by atoms with Crippen molar-refractivity contribution in [2.45, 2.75) is 24.8 Å². The van der Waals surface area contributed by atoms with Gasteiger partial charge in [-0.15, -0.1) is 0 Å². The molecule has 1 aliphatic carbocycles. The number of hydrogen-bond acceptors (Lipinski definition) is 6. The third-order valence-electron chi connectivity index (χ3n) is 5.57. The van der Waals surface area contributed by atoms with E-state index < -0.39 is 34.0 Å². The first-order valence-electron chi connectivity index (χ1n) is 10.6. The van der Waals surface area contributed by atoms with Crippen molar-refractivity contribution >= 4 is 39.3 Å². The van der Waals surface area contributed by atoms with Gasteiger partial charge in [0.1, 0.15) is 28.6 Å². The number of aromatic amines is 1. The quantitative estimate of drug-likeness (QED) is 0.326. The molecule has 0 aliphatic heterocycles. The Labute approximate surface area is 195 Å². The Balaban J connectivity index is 1.50. The number of fused-ring (bicyclic) bond motifs is 1. The van der Waals surface area contributed by atoms with E-state index in [0.29, 0.717) is 29.3 Å². The van der Waals surface area contributed by atoms with Gasteiger partial charge in [-0.2, -0.15) is 0 Å². The second kappa shape index (κ2) is 8.90. The third kappa shape index (κ3) is 4.26. The van der Waals surface area contributed by atoms with Crippen LogP contribution in [0.4, 0.5) is 20.3 Å². The minimum absolute atomic E-state index is 0.0327. The maximum atomic E-state index is 15.4. The second-order valence-corrected chi connectivity index (χ2v) is 9.29. The van der Waals surface area contributed by atoms with Crippen molar-refractivity contribution < 1.29 is 17.8 Å². The molecular weight excluding hydrogens is 462 g/mol. The summed E-state index contributed by atoms with van der Waals surface area (Å²) in [6, 6.07) is 5.36. The first-order chi connectivity index (χ1) is 16.4. The molecule has 34 heavy (non-hydrogen) atoms. The Morgan fingerprint density at radius 1 is 1.21 bits per heavy atom. The summed E-state index contributed by atoms with van der Waals surface area (Å²) in [5.74, 6) is -2.10. The number of aryl methyl sites for hydroxylation is 1. The Morgan fingerprint density at radius 2 is 2.03 bits per heavy atom. The lowest BCUT2D eigenvalue weighted by molar-refractivity contribution is 0.103. The van der Waals surface area contributed by atoms with Gasteiger partial charge in [0.05, 0.1) is 22.2 Å². The van der Waals surface area contributed by atoms with Crippen LogP contribution >= 0.6 is 0 Å². The molecule has 0 bridgehead atoms. The lowest BCUT2D eigenvalue weighted by atomic mass is 10.0. The van der Waals surface area contributed by atoms with Crippen molar-refractivity contribution in [2.24, 2.45) is 5.92 Å². The third-order valence-corrected chi connectivity index (χ3v) is 6.58. The number of H-pyrrole nitrogens is 1. The van der Waals surface area contributed by atoms with Crippen LogP contribution in [0.25, 0.3) is 11.0 Å². The number of carbonyl (C=O) groups is 1. The zero-order chi connectivity index (χ0) is 23.8. The summed E-state index contributed by atoms with van der Waals surface area (Å²) in [6.07, 6.45) is 6.43. The van der Waals surface area contributed by atoms with Gasteiger partial charge in [0, 0.05) is 18.9 Å². The van der Waals surface area contributed by atoms with Gasteiger partial charge in [0.2, 0.25) is 5.78 Å². The number of halogens is 2. The molecule has 0 amide bonds. The molecule has 0 saturated heterocycles. The predicted molar refractivity (Wildman–Crippen MR) is 124 cm³/mol. The summed E-state index contributed by atoms with van der Waals surface area (Å²) >= 11 is 0. The van der Waals surface area contributed by atoms with Crippen LogP contribution in [-0.4, -0.2) is 36.5 Å². The van der Waals surface area contributed by atoms with E-state index in [1.807, 2.05) is 0 Å². The molecule has 1 aliphatic rings. The minimum atomic E-state index is -1.92. The molecule has 174 valence electrons. The molecule has 1 aromatic carbocycles. The molecule has 3 aromatic heterocycles. The van der Waals surface area contributed by atoms with Gasteiger partial charge in [-0.1, -0.05) is 0 Å². The standard InChI is InChI=1S/C23H20F2N6O2S/c1-12-6-7-26-17(8-12)34(33)31-16-5-4-15(24)19(20(16)25)21(32)14-10-28-23-18(14)22(29-11-30-23)27-9-13-2-3-13/h4-8,10-11,13,31H,2-3,9H2,1H3,(H2,27,28,29,30). The summed E-state index contributed by atoms with van der Waals surface area (Å²) in [5.41, 5.74) is 0.179. The highest BCUT2D eigenvalue weighted by molar-refractivity contribution is 7.86. The van der Waals surface area contributed by atoms with E-state index in [1.165, 1.54) is 18.7 Å². The van der Waals surface area contributed by atoms with Gasteiger partial charge >= 0.3 is 0 Å². The van der Waals surface area contributed by atoms with E-state index in [-0.39, 0.29) is 16.3 Å². The van der Waals surface area contributed by atoms with Gasteiger partial charge in [-0.05, 0) is 55.5 Å². The lowest BCUT2D eigenvalue weighted by Crippen LogP contribution is -2.13. The zero-order valence-electron chi connectivity index (χ0n) is 18.1. The average Bonchev–Trinajstić information content (AvgIpc) is 3.55. The fourth-order valence-corrected chi connectivity index (χ4v) is 4.49. The van der Waals surface area contributed by atoms with Crippen molar-refractivity contribution in [3.8, 4) is 0 Å². The van der Waals surface area contributed by atoms with E-state index in [4.69, 9.17) is 0 Å². The average molecular weight is 483 g/mol. The first-order valence-corrected chi connectivity index (χ1v) is 11.8. The molecule has 5 rings (SSSR count). The van der Waals surface area contributed by atoms with Crippen molar-refractivity contribution in [1.29, 1.82) is 0 Å². The van der Waals surface area contributed by atoms with Crippen LogP contribution < -0.4 is 10.0 Å². The number of nitrogens with one attached hydrogen (secondary N) is 3. The predicted octanol–water partition coefficient (Wildman–Crippen LogP) is 4.13. The van der Waals surface area contributed by atoms with Crippen LogP contribution in [-0.2, 0) is 11.0 Å². The summed E-state index contributed by atoms with van der Waals surface area (Å²) in [6.45, 7) is 2.49. The Bertz CT molecular complexity index is 1440. The molecule has 4 aromatic rings. The molecule has 1 unspecified atom stereocenters. The van der Waals surface area contributed by atoms with Gasteiger partial charge in [-0.25, -0.2) is 27.9 Å². The molecule has 1 atom stereocenters. The van der Waals surface area contributed by atoms with Gasteiger partial charge in [-0.3, -0.25) is 9.52 Å². The molecule has 11 heteroatoms. The van der Waals surface area contributed by atoms with E-state index >= 15 is 4.39 Å². The van der Waals surface area contributed by atoms with E-state index in [2.05, 4.69) is 30.0 Å². The van der Waals surface area contributed by atoms with Crippen molar-refractivity contribution in [3.63, 3.8) is 0 Å². The van der Waals surface area contributed by atoms with Gasteiger partial charge in [0.15, 0.2) is 16.8 Å². The van der Waals surface area contributed by atoms with E-state index in [9.17, 15) is 13.4 Å². The fourth-order valence-electron chi connectivity index (χ4n) is 3.58. The summed E-state index contributed by atoms with van der Waals surface area (Å²) < 4.78 is 45.2. The number of ketones is 1. The monoisotopic (exact) mass is 482 g/mol. The zero-order valence-corrected chi connectivity index (χ0v) is 18.9. The molecular formula is C23H20F2N6O2S. The van der Waals surface area contributed by atoms with Gasteiger partial charge in [0.25, 0.3) is 0 Å². The number of anilines is 2. The van der Waals surface area contributed by atoms with E-state index in [0.717, 1.165) is 30.5 Å². The van der Waals surface area contributed by atoms with E-state index in [1.54, 1.807) is 19.1 Å². The normalized spacial score (nSPS) is 14.2. The second-order valence-electron chi connectivity index (χ2n) is 8.13. The minimum Gasteiger partial charge on any atom is -0.369 e.